The van der Waals surface area contributed by atoms with E-state index in [2.05, 4.69) is 24.1 Å². The number of nitrogens with zero attached hydrogens (tertiary/aromatic N) is 1. The molecule has 0 aliphatic carbocycles. The molecule has 0 saturated heterocycles. The summed E-state index contributed by atoms with van der Waals surface area (Å²) in [6.07, 6.45) is 3.10. The Hall–Kier alpha value is -0.410. The number of aromatic nitrogens is 1. The van der Waals surface area contributed by atoms with E-state index in [0.29, 0.717) is 6.04 Å². The standard InChI is InChI=1S/C8H14N2S/c1-3-7(2)10-5-8-4-9-6-11-8/h4,6-7,10H,3,5H2,1-2H3/t7-/m0/s1. The monoisotopic (exact) mass is 170 g/mol. The van der Waals surface area contributed by atoms with Gasteiger partial charge in [-0.2, -0.15) is 0 Å². The second-order valence-electron chi connectivity index (χ2n) is 2.66. The van der Waals surface area contributed by atoms with Crippen LogP contribution < -0.4 is 5.32 Å². The van der Waals surface area contributed by atoms with Crippen LogP contribution in [-0.2, 0) is 6.54 Å². The Morgan fingerprint density at radius 1 is 1.73 bits per heavy atom. The van der Waals surface area contributed by atoms with Crippen molar-refractivity contribution in [1.82, 2.24) is 10.3 Å². The molecule has 1 N–H and O–H groups in total. The second-order valence-corrected chi connectivity index (χ2v) is 3.63. The molecule has 0 amide bonds. The highest BCUT2D eigenvalue weighted by atomic mass is 32.1. The first-order valence-corrected chi connectivity index (χ1v) is 4.81. The normalized spacial score (nSPS) is 13.3. The van der Waals surface area contributed by atoms with Gasteiger partial charge >= 0.3 is 0 Å². The first-order chi connectivity index (χ1) is 5.33. The molecule has 1 rings (SSSR count). The summed E-state index contributed by atoms with van der Waals surface area (Å²) >= 11 is 1.70. The minimum atomic E-state index is 0.608. The SMILES string of the molecule is CC[C@H](C)NCc1cncs1. The summed E-state index contributed by atoms with van der Waals surface area (Å²) in [5, 5.41) is 3.41. The molecule has 0 saturated carbocycles. The van der Waals surface area contributed by atoms with Crippen LogP contribution in [-0.4, -0.2) is 11.0 Å². The van der Waals surface area contributed by atoms with Crippen LogP contribution in [0, 0.1) is 0 Å². The molecule has 0 bridgehead atoms. The number of hydrogen-bond donors (Lipinski definition) is 1. The molecule has 1 atom stereocenters. The van der Waals surface area contributed by atoms with Crippen LogP contribution in [0.5, 0.6) is 0 Å². The summed E-state index contributed by atoms with van der Waals surface area (Å²) < 4.78 is 0. The van der Waals surface area contributed by atoms with Gasteiger partial charge in [0.2, 0.25) is 0 Å². The zero-order chi connectivity index (χ0) is 8.10. The maximum atomic E-state index is 4.00. The lowest BCUT2D eigenvalue weighted by atomic mass is 10.2. The van der Waals surface area contributed by atoms with Gasteiger partial charge in [0, 0.05) is 23.7 Å². The Labute approximate surface area is 71.7 Å². The molecule has 0 spiro atoms. The van der Waals surface area contributed by atoms with Crippen molar-refractivity contribution in [3.05, 3.63) is 16.6 Å². The highest BCUT2D eigenvalue weighted by Crippen LogP contribution is 2.04. The largest absolute Gasteiger partial charge is 0.309 e. The van der Waals surface area contributed by atoms with Gasteiger partial charge < -0.3 is 5.32 Å². The molecule has 0 aliphatic rings. The van der Waals surface area contributed by atoms with Gasteiger partial charge in [0.25, 0.3) is 0 Å². The zero-order valence-corrected chi connectivity index (χ0v) is 7.82. The van der Waals surface area contributed by atoms with E-state index in [-0.39, 0.29) is 0 Å². The van der Waals surface area contributed by atoms with E-state index in [1.807, 2.05) is 11.7 Å². The fourth-order valence-electron chi connectivity index (χ4n) is 0.749. The topological polar surface area (TPSA) is 24.9 Å². The van der Waals surface area contributed by atoms with Crippen LogP contribution in [0.1, 0.15) is 25.1 Å². The third kappa shape index (κ3) is 2.99. The molecule has 0 unspecified atom stereocenters. The summed E-state index contributed by atoms with van der Waals surface area (Å²) in [5.74, 6) is 0. The predicted molar refractivity (Wildman–Crippen MR) is 48.7 cm³/mol. The van der Waals surface area contributed by atoms with Gasteiger partial charge in [-0.25, -0.2) is 0 Å². The van der Waals surface area contributed by atoms with Gasteiger partial charge in [0.1, 0.15) is 0 Å². The van der Waals surface area contributed by atoms with Gasteiger partial charge in [0.05, 0.1) is 5.51 Å². The fourth-order valence-corrected chi connectivity index (χ4v) is 1.29. The Balaban J connectivity index is 2.23. The lowest BCUT2D eigenvalue weighted by Crippen LogP contribution is -2.23. The van der Waals surface area contributed by atoms with E-state index in [1.165, 1.54) is 11.3 Å². The smallest absolute Gasteiger partial charge is 0.0794 e. The van der Waals surface area contributed by atoms with E-state index in [9.17, 15) is 0 Å². The Bertz CT molecular complexity index is 184. The van der Waals surface area contributed by atoms with Crippen LogP contribution in [0.25, 0.3) is 0 Å². The molecular weight excluding hydrogens is 156 g/mol. The number of thiazole rings is 1. The van der Waals surface area contributed by atoms with Crippen molar-refractivity contribution in [1.29, 1.82) is 0 Å². The number of nitrogens with one attached hydrogen (secondary N) is 1. The summed E-state index contributed by atoms with van der Waals surface area (Å²) in [4.78, 5) is 5.31. The van der Waals surface area contributed by atoms with Crippen molar-refractivity contribution >= 4 is 11.3 Å². The molecule has 2 nitrogen and oxygen atoms in total. The summed E-state index contributed by atoms with van der Waals surface area (Å²) in [5.41, 5.74) is 1.87. The third-order valence-corrected chi connectivity index (χ3v) is 2.50. The second kappa shape index (κ2) is 4.46. The lowest BCUT2D eigenvalue weighted by Gasteiger charge is -2.08. The first kappa shape index (κ1) is 8.68. The van der Waals surface area contributed by atoms with Gasteiger partial charge in [-0.05, 0) is 13.3 Å². The van der Waals surface area contributed by atoms with Crippen LogP contribution in [0.2, 0.25) is 0 Å². The van der Waals surface area contributed by atoms with Gasteiger partial charge in [-0.15, -0.1) is 11.3 Å². The Morgan fingerprint density at radius 3 is 3.09 bits per heavy atom. The van der Waals surface area contributed by atoms with Crippen LogP contribution in [0.15, 0.2) is 11.7 Å². The predicted octanol–water partition coefficient (Wildman–Crippen LogP) is 2.03. The van der Waals surface area contributed by atoms with E-state index in [1.54, 1.807) is 11.3 Å². The average Bonchev–Trinajstić information content (AvgIpc) is 2.52. The van der Waals surface area contributed by atoms with Crippen LogP contribution >= 0.6 is 11.3 Å². The highest BCUT2D eigenvalue weighted by molar-refractivity contribution is 7.09. The van der Waals surface area contributed by atoms with Crippen molar-refractivity contribution in [2.24, 2.45) is 0 Å². The maximum absolute atomic E-state index is 4.00. The van der Waals surface area contributed by atoms with Crippen LogP contribution in [0.3, 0.4) is 0 Å². The molecule has 0 fully saturated rings. The molecule has 0 aliphatic heterocycles. The average molecular weight is 170 g/mol. The van der Waals surface area contributed by atoms with Crippen molar-refractivity contribution in [2.75, 3.05) is 0 Å². The van der Waals surface area contributed by atoms with Crippen LogP contribution in [0.4, 0.5) is 0 Å². The maximum Gasteiger partial charge on any atom is 0.0794 e. The van der Waals surface area contributed by atoms with Gasteiger partial charge in [-0.3, -0.25) is 4.98 Å². The van der Waals surface area contributed by atoms with E-state index in [4.69, 9.17) is 0 Å². The molecule has 0 radical (unpaired) electrons. The van der Waals surface area contributed by atoms with E-state index < -0.39 is 0 Å². The van der Waals surface area contributed by atoms with Crippen molar-refractivity contribution < 1.29 is 0 Å². The van der Waals surface area contributed by atoms with E-state index in [0.717, 1.165) is 6.54 Å². The molecule has 1 heterocycles. The molecule has 62 valence electrons. The minimum absolute atomic E-state index is 0.608. The molecule has 0 aromatic carbocycles. The molecule has 11 heavy (non-hydrogen) atoms. The van der Waals surface area contributed by atoms with Gasteiger partial charge in [-0.1, -0.05) is 6.92 Å². The summed E-state index contributed by atoms with van der Waals surface area (Å²) in [6.45, 7) is 5.34. The quantitative estimate of drug-likeness (QED) is 0.748. The van der Waals surface area contributed by atoms with E-state index >= 15 is 0 Å². The number of hydrogen-bond acceptors (Lipinski definition) is 3. The minimum Gasteiger partial charge on any atom is -0.309 e. The van der Waals surface area contributed by atoms with Gasteiger partial charge in [0.15, 0.2) is 0 Å². The molecule has 1 aromatic rings. The Morgan fingerprint density at radius 2 is 2.55 bits per heavy atom. The molecular formula is C8H14N2S. The Kier molecular flexibility index (Phi) is 3.52. The van der Waals surface area contributed by atoms with Crippen molar-refractivity contribution in [2.45, 2.75) is 32.9 Å². The molecule has 1 aromatic heterocycles. The van der Waals surface area contributed by atoms with Crippen molar-refractivity contribution in [3.8, 4) is 0 Å². The number of rotatable bonds is 4. The zero-order valence-electron chi connectivity index (χ0n) is 7.00. The first-order valence-electron chi connectivity index (χ1n) is 3.93. The summed E-state index contributed by atoms with van der Waals surface area (Å²) in [7, 11) is 0. The van der Waals surface area contributed by atoms with Crippen molar-refractivity contribution in [3.63, 3.8) is 0 Å². The highest BCUT2D eigenvalue weighted by Gasteiger charge is 1.98. The third-order valence-electron chi connectivity index (χ3n) is 1.72. The fraction of sp³-hybridized carbons (Fsp3) is 0.625. The summed E-state index contributed by atoms with van der Waals surface area (Å²) in [6, 6.07) is 0.608. The lowest BCUT2D eigenvalue weighted by molar-refractivity contribution is 0.537. The molecule has 3 heteroatoms.